The fourth-order valence-electron chi connectivity index (χ4n) is 2.87. The first-order chi connectivity index (χ1) is 9.63. The third-order valence-corrected chi connectivity index (χ3v) is 4.06. The van der Waals surface area contributed by atoms with Gasteiger partial charge in [-0.1, -0.05) is 23.7 Å². The minimum atomic E-state index is 0.0838. The van der Waals surface area contributed by atoms with Gasteiger partial charge in [-0.15, -0.1) is 0 Å². The van der Waals surface area contributed by atoms with Crippen LogP contribution in [-0.4, -0.2) is 11.1 Å². The molecule has 1 N–H and O–H groups in total. The maximum atomic E-state index is 11.7. The van der Waals surface area contributed by atoms with Gasteiger partial charge < -0.3 is 9.88 Å². The SMILES string of the molecule is Cc1cc(=O)cc2n1CCNC(c1cccc(Cl)c1)C2. The van der Waals surface area contributed by atoms with Gasteiger partial charge in [0.05, 0.1) is 0 Å². The summed E-state index contributed by atoms with van der Waals surface area (Å²) in [5.74, 6) is 0. The first kappa shape index (κ1) is 13.4. The molecule has 2 aromatic rings. The summed E-state index contributed by atoms with van der Waals surface area (Å²) in [6.07, 6.45) is 0.803. The van der Waals surface area contributed by atoms with Crippen molar-refractivity contribution in [3.63, 3.8) is 0 Å². The summed E-state index contributed by atoms with van der Waals surface area (Å²) in [7, 11) is 0. The first-order valence-electron chi connectivity index (χ1n) is 6.83. The molecule has 1 aromatic carbocycles. The molecule has 3 rings (SSSR count). The number of rotatable bonds is 1. The molecule has 0 saturated heterocycles. The average molecular weight is 289 g/mol. The molecule has 0 spiro atoms. The fraction of sp³-hybridized carbons (Fsp3) is 0.312. The summed E-state index contributed by atoms with van der Waals surface area (Å²) >= 11 is 6.07. The molecule has 104 valence electrons. The summed E-state index contributed by atoms with van der Waals surface area (Å²) in [6, 6.07) is 11.6. The number of halogens is 1. The van der Waals surface area contributed by atoms with Crippen molar-refractivity contribution < 1.29 is 0 Å². The van der Waals surface area contributed by atoms with Gasteiger partial charge in [-0.3, -0.25) is 4.79 Å². The molecule has 2 heterocycles. The number of hydrogen-bond acceptors (Lipinski definition) is 2. The number of fused-ring (bicyclic) bond motifs is 1. The Hall–Kier alpha value is -1.58. The Morgan fingerprint density at radius 3 is 2.95 bits per heavy atom. The van der Waals surface area contributed by atoms with Crippen LogP contribution in [0.25, 0.3) is 0 Å². The number of nitrogens with zero attached hydrogens (tertiary/aromatic N) is 1. The lowest BCUT2D eigenvalue weighted by molar-refractivity contribution is 0.544. The molecular weight excluding hydrogens is 272 g/mol. The van der Waals surface area contributed by atoms with E-state index < -0.39 is 0 Å². The number of aryl methyl sites for hydroxylation is 1. The fourth-order valence-corrected chi connectivity index (χ4v) is 3.07. The number of aromatic nitrogens is 1. The molecular formula is C16H17ClN2O. The Kier molecular flexibility index (Phi) is 3.64. The van der Waals surface area contributed by atoms with Crippen LogP contribution in [0.5, 0.6) is 0 Å². The highest BCUT2D eigenvalue weighted by atomic mass is 35.5. The van der Waals surface area contributed by atoms with Crippen molar-refractivity contribution in [2.24, 2.45) is 0 Å². The Labute approximate surface area is 123 Å². The second-order valence-corrected chi connectivity index (χ2v) is 5.68. The van der Waals surface area contributed by atoms with Crippen LogP contribution in [0, 0.1) is 6.92 Å². The summed E-state index contributed by atoms with van der Waals surface area (Å²) in [5.41, 5.74) is 3.37. The molecule has 3 nitrogen and oxygen atoms in total. The van der Waals surface area contributed by atoms with Gasteiger partial charge in [-0.2, -0.15) is 0 Å². The average Bonchev–Trinajstić information content (AvgIpc) is 2.61. The predicted octanol–water partition coefficient (Wildman–Crippen LogP) is 2.70. The molecule has 0 radical (unpaired) electrons. The smallest absolute Gasteiger partial charge is 0.182 e. The largest absolute Gasteiger partial charge is 0.347 e. The molecule has 0 amide bonds. The van der Waals surface area contributed by atoms with Crippen molar-refractivity contribution >= 4 is 11.6 Å². The molecule has 1 aliphatic rings. The zero-order chi connectivity index (χ0) is 14.1. The Balaban J connectivity index is 1.99. The number of benzene rings is 1. The summed E-state index contributed by atoms with van der Waals surface area (Å²) in [6.45, 7) is 3.76. The quantitative estimate of drug-likeness (QED) is 0.875. The van der Waals surface area contributed by atoms with Crippen LogP contribution in [0.4, 0.5) is 0 Å². The van der Waals surface area contributed by atoms with E-state index in [4.69, 9.17) is 11.6 Å². The van der Waals surface area contributed by atoms with E-state index >= 15 is 0 Å². The van der Waals surface area contributed by atoms with Crippen molar-refractivity contribution in [2.45, 2.75) is 25.9 Å². The molecule has 1 unspecified atom stereocenters. The molecule has 1 aliphatic heterocycles. The summed E-state index contributed by atoms with van der Waals surface area (Å²) in [5, 5.41) is 4.28. The molecule has 0 bridgehead atoms. The zero-order valence-electron chi connectivity index (χ0n) is 11.4. The van der Waals surface area contributed by atoms with Crippen molar-refractivity contribution in [2.75, 3.05) is 6.54 Å². The molecule has 0 saturated carbocycles. The van der Waals surface area contributed by atoms with Crippen LogP contribution in [0.15, 0.2) is 41.2 Å². The van der Waals surface area contributed by atoms with Gasteiger partial charge in [0.25, 0.3) is 0 Å². The van der Waals surface area contributed by atoms with Gasteiger partial charge in [0, 0.05) is 54.1 Å². The van der Waals surface area contributed by atoms with E-state index in [9.17, 15) is 4.79 Å². The molecule has 0 aliphatic carbocycles. The summed E-state index contributed by atoms with van der Waals surface area (Å²) in [4.78, 5) is 11.7. The molecule has 20 heavy (non-hydrogen) atoms. The van der Waals surface area contributed by atoms with Gasteiger partial charge in [-0.25, -0.2) is 0 Å². The zero-order valence-corrected chi connectivity index (χ0v) is 12.2. The van der Waals surface area contributed by atoms with Crippen LogP contribution in [0.1, 0.15) is 23.0 Å². The predicted molar refractivity (Wildman–Crippen MR) is 81.3 cm³/mol. The topological polar surface area (TPSA) is 34.0 Å². The maximum absolute atomic E-state index is 11.7. The van der Waals surface area contributed by atoms with Crippen LogP contribution in [-0.2, 0) is 13.0 Å². The third kappa shape index (κ3) is 2.65. The Bertz CT molecular complexity index is 693. The number of hydrogen-bond donors (Lipinski definition) is 1. The monoisotopic (exact) mass is 288 g/mol. The number of nitrogens with one attached hydrogen (secondary N) is 1. The molecule has 1 atom stereocenters. The minimum Gasteiger partial charge on any atom is -0.347 e. The van der Waals surface area contributed by atoms with E-state index in [1.807, 2.05) is 25.1 Å². The van der Waals surface area contributed by atoms with Crippen molar-refractivity contribution in [3.8, 4) is 0 Å². The van der Waals surface area contributed by atoms with Crippen molar-refractivity contribution in [1.82, 2.24) is 9.88 Å². The molecule has 0 fully saturated rings. The van der Waals surface area contributed by atoms with E-state index in [0.717, 1.165) is 35.9 Å². The first-order valence-corrected chi connectivity index (χ1v) is 7.20. The van der Waals surface area contributed by atoms with Crippen LogP contribution in [0.3, 0.4) is 0 Å². The van der Waals surface area contributed by atoms with Gasteiger partial charge in [0.2, 0.25) is 0 Å². The van der Waals surface area contributed by atoms with E-state index in [-0.39, 0.29) is 11.5 Å². The Morgan fingerprint density at radius 2 is 2.15 bits per heavy atom. The van der Waals surface area contributed by atoms with E-state index in [1.54, 1.807) is 12.1 Å². The van der Waals surface area contributed by atoms with E-state index in [2.05, 4.69) is 16.0 Å². The normalized spacial score (nSPS) is 18.4. The number of pyridine rings is 1. The second kappa shape index (κ2) is 5.43. The second-order valence-electron chi connectivity index (χ2n) is 5.24. The van der Waals surface area contributed by atoms with Gasteiger partial charge in [0.1, 0.15) is 0 Å². The van der Waals surface area contributed by atoms with Crippen molar-refractivity contribution in [3.05, 3.63) is 68.6 Å². The highest BCUT2D eigenvalue weighted by Gasteiger charge is 2.18. The molecule has 1 aromatic heterocycles. The Morgan fingerprint density at radius 1 is 1.30 bits per heavy atom. The third-order valence-electron chi connectivity index (χ3n) is 3.82. The lowest BCUT2D eigenvalue weighted by Gasteiger charge is -2.17. The highest BCUT2D eigenvalue weighted by molar-refractivity contribution is 6.30. The van der Waals surface area contributed by atoms with Gasteiger partial charge in [0.15, 0.2) is 5.43 Å². The van der Waals surface area contributed by atoms with Gasteiger partial charge in [-0.05, 0) is 24.6 Å². The maximum Gasteiger partial charge on any atom is 0.182 e. The van der Waals surface area contributed by atoms with E-state index in [0.29, 0.717) is 0 Å². The highest BCUT2D eigenvalue weighted by Crippen LogP contribution is 2.23. The molecule has 4 heteroatoms. The standard InChI is InChI=1S/C16H17ClN2O/c1-11-7-15(20)9-14-10-16(18-5-6-19(11)14)12-3-2-4-13(17)8-12/h2-4,7-9,16,18H,5-6,10H2,1H3. The summed E-state index contributed by atoms with van der Waals surface area (Å²) < 4.78 is 2.22. The van der Waals surface area contributed by atoms with E-state index in [1.165, 1.54) is 5.56 Å². The van der Waals surface area contributed by atoms with Crippen LogP contribution < -0.4 is 10.7 Å². The minimum absolute atomic E-state index is 0.0838. The lowest BCUT2D eigenvalue weighted by atomic mass is 10.0. The van der Waals surface area contributed by atoms with Gasteiger partial charge >= 0.3 is 0 Å². The lowest BCUT2D eigenvalue weighted by Crippen LogP contribution is -2.23. The van der Waals surface area contributed by atoms with Crippen LogP contribution >= 0.6 is 11.6 Å². The van der Waals surface area contributed by atoms with Crippen molar-refractivity contribution in [1.29, 1.82) is 0 Å². The van der Waals surface area contributed by atoms with Crippen LogP contribution in [0.2, 0.25) is 5.02 Å².